The summed E-state index contributed by atoms with van der Waals surface area (Å²) in [4.78, 5) is 13.4. The average Bonchev–Trinajstić information content (AvgIpc) is 3.09. The van der Waals surface area contributed by atoms with Crippen molar-refractivity contribution in [1.29, 1.82) is 5.41 Å². The molecule has 4 aromatic rings. The number of ketones is 1. The predicted molar refractivity (Wildman–Crippen MR) is 136 cm³/mol. The Hall–Kier alpha value is -3.85. The molecule has 2 N–H and O–H groups in total. The minimum absolute atomic E-state index is 0.0535. The largest absolute Gasteiger partial charge is 0.505 e. The first-order valence-electron chi connectivity index (χ1n) is 11.2. The molecule has 0 saturated carbocycles. The normalized spacial score (nSPS) is 11.6. The Labute approximate surface area is 204 Å². The van der Waals surface area contributed by atoms with Crippen molar-refractivity contribution in [3.63, 3.8) is 0 Å². The van der Waals surface area contributed by atoms with E-state index in [0.717, 1.165) is 27.2 Å². The average molecular weight is 493 g/mol. The van der Waals surface area contributed by atoms with E-state index >= 15 is 0 Å². The molecular formula is C26H28N4O4S. The van der Waals surface area contributed by atoms with Crippen LogP contribution in [0, 0.1) is 5.41 Å². The maximum Gasteiger partial charge on any atom is 0.232 e. The standard InChI is InChI=1S/C26H28N4O4S/c1-4-19-14-20(15-23(25(19)32)28(2)35(3,33)34)24(31)17-30-22-13-9-8-12-21(22)29(26(30)27)16-18-10-6-5-7-11-18/h5-15,27,32H,4,16-17H2,1-3H3. The van der Waals surface area contributed by atoms with Crippen molar-refractivity contribution >= 4 is 32.5 Å². The molecule has 0 fully saturated rings. The van der Waals surface area contributed by atoms with Gasteiger partial charge in [-0.3, -0.25) is 14.5 Å². The number of benzene rings is 3. The molecule has 4 rings (SSSR count). The van der Waals surface area contributed by atoms with Crippen LogP contribution in [0.25, 0.3) is 11.0 Å². The number of aromatic hydroxyl groups is 1. The quantitative estimate of drug-likeness (QED) is 0.367. The summed E-state index contributed by atoms with van der Waals surface area (Å²) in [6.45, 7) is 2.21. The van der Waals surface area contributed by atoms with Gasteiger partial charge >= 0.3 is 0 Å². The Morgan fingerprint density at radius 2 is 1.60 bits per heavy atom. The molecule has 0 bridgehead atoms. The maximum absolute atomic E-state index is 13.4. The van der Waals surface area contributed by atoms with Crippen LogP contribution < -0.4 is 9.92 Å². The number of phenolic OH excluding ortho intramolecular Hbond substituents is 1. The molecule has 0 unspecified atom stereocenters. The van der Waals surface area contributed by atoms with Gasteiger partial charge in [0.1, 0.15) is 5.75 Å². The number of hydrogen-bond acceptors (Lipinski definition) is 5. The fraction of sp³-hybridized carbons (Fsp3) is 0.231. The topological polar surface area (TPSA) is 108 Å². The summed E-state index contributed by atoms with van der Waals surface area (Å²) in [6.07, 6.45) is 1.46. The van der Waals surface area contributed by atoms with Gasteiger partial charge in [-0.2, -0.15) is 0 Å². The van der Waals surface area contributed by atoms with Crippen LogP contribution in [-0.4, -0.2) is 41.7 Å². The lowest BCUT2D eigenvalue weighted by Gasteiger charge is -2.20. The number of para-hydroxylation sites is 2. The van der Waals surface area contributed by atoms with Crippen molar-refractivity contribution < 1.29 is 18.3 Å². The maximum atomic E-state index is 13.4. The molecule has 35 heavy (non-hydrogen) atoms. The number of imidazole rings is 1. The molecule has 1 heterocycles. The van der Waals surface area contributed by atoms with E-state index in [4.69, 9.17) is 5.41 Å². The van der Waals surface area contributed by atoms with Gasteiger partial charge in [-0.15, -0.1) is 0 Å². The van der Waals surface area contributed by atoms with Gasteiger partial charge in [0.25, 0.3) is 0 Å². The van der Waals surface area contributed by atoms with Crippen LogP contribution in [-0.2, 0) is 29.5 Å². The van der Waals surface area contributed by atoms with Crippen molar-refractivity contribution in [2.24, 2.45) is 0 Å². The second-order valence-corrected chi connectivity index (χ2v) is 10.5. The van der Waals surface area contributed by atoms with Crippen LogP contribution in [0.15, 0.2) is 66.7 Å². The molecule has 0 radical (unpaired) electrons. The number of Topliss-reactive ketones (excluding diaryl/α,β-unsaturated/α-hetero) is 1. The number of aryl methyl sites for hydroxylation is 1. The number of nitrogens with one attached hydrogen (secondary N) is 1. The summed E-state index contributed by atoms with van der Waals surface area (Å²) >= 11 is 0. The number of carbonyl (C=O) groups excluding carboxylic acids is 1. The third-order valence-corrected chi connectivity index (χ3v) is 7.36. The summed E-state index contributed by atoms with van der Waals surface area (Å²) in [5.74, 6) is -0.450. The molecule has 0 aliphatic rings. The summed E-state index contributed by atoms with van der Waals surface area (Å²) in [5, 5.41) is 19.4. The van der Waals surface area contributed by atoms with Crippen molar-refractivity contribution in [1.82, 2.24) is 9.13 Å². The van der Waals surface area contributed by atoms with Crippen LogP contribution in [0.3, 0.4) is 0 Å². The van der Waals surface area contributed by atoms with Crippen molar-refractivity contribution in [2.75, 3.05) is 17.6 Å². The SMILES string of the molecule is CCc1cc(C(=O)Cn2c(=N)n(Cc3ccccc3)c3ccccc32)cc(N(C)S(C)(=O)=O)c1O. The van der Waals surface area contributed by atoms with Gasteiger partial charge in [0.15, 0.2) is 5.78 Å². The Balaban J connectivity index is 1.77. The van der Waals surface area contributed by atoms with Crippen molar-refractivity contribution in [3.05, 3.63) is 89.0 Å². The predicted octanol–water partition coefficient (Wildman–Crippen LogP) is 3.52. The number of rotatable bonds is 8. The smallest absolute Gasteiger partial charge is 0.232 e. The van der Waals surface area contributed by atoms with Crippen LogP contribution in [0.5, 0.6) is 5.75 Å². The Bertz CT molecular complexity index is 1570. The summed E-state index contributed by atoms with van der Waals surface area (Å²) in [6, 6.07) is 20.4. The van der Waals surface area contributed by atoms with Crippen LogP contribution in [0.4, 0.5) is 5.69 Å². The molecule has 0 atom stereocenters. The number of sulfonamides is 1. The highest BCUT2D eigenvalue weighted by Crippen LogP contribution is 2.34. The zero-order valence-electron chi connectivity index (χ0n) is 19.9. The lowest BCUT2D eigenvalue weighted by atomic mass is 10.0. The minimum atomic E-state index is -3.64. The summed E-state index contributed by atoms with van der Waals surface area (Å²) < 4.78 is 28.7. The molecular weight excluding hydrogens is 464 g/mol. The van der Waals surface area contributed by atoms with Crippen molar-refractivity contribution in [3.8, 4) is 5.75 Å². The molecule has 0 aliphatic carbocycles. The highest BCUT2D eigenvalue weighted by atomic mass is 32.2. The fourth-order valence-electron chi connectivity index (χ4n) is 4.14. The second kappa shape index (κ2) is 9.42. The van der Waals surface area contributed by atoms with E-state index in [9.17, 15) is 18.3 Å². The molecule has 0 spiro atoms. The van der Waals surface area contributed by atoms with E-state index in [1.165, 1.54) is 13.1 Å². The molecule has 0 saturated heterocycles. The van der Waals surface area contributed by atoms with Gasteiger partial charge in [0.2, 0.25) is 15.6 Å². The Morgan fingerprint density at radius 1 is 1.00 bits per heavy atom. The highest BCUT2D eigenvalue weighted by molar-refractivity contribution is 7.92. The number of anilines is 1. The fourth-order valence-corrected chi connectivity index (χ4v) is 4.64. The zero-order valence-corrected chi connectivity index (χ0v) is 20.7. The lowest BCUT2D eigenvalue weighted by Crippen LogP contribution is -2.28. The first-order valence-corrected chi connectivity index (χ1v) is 13.1. The van der Waals surface area contributed by atoms with E-state index in [1.54, 1.807) is 10.6 Å². The van der Waals surface area contributed by atoms with Crippen LogP contribution in [0.1, 0.15) is 28.4 Å². The third kappa shape index (κ3) is 4.72. The van der Waals surface area contributed by atoms with E-state index in [0.29, 0.717) is 18.5 Å². The van der Waals surface area contributed by atoms with Crippen molar-refractivity contribution in [2.45, 2.75) is 26.4 Å². The van der Waals surface area contributed by atoms with Gasteiger partial charge in [-0.25, -0.2) is 8.42 Å². The zero-order chi connectivity index (χ0) is 25.3. The van der Waals surface area contributed by atoms with E-state index in [1.807, 2.05) is 66.1 Å². The number of hydrogen-bond donors (Lipinski definition) is 2. The molecule has 8 nitrogen and oxygen atoms in total. The molecule has 1 aromatic heterocycles. The van der Waals surface area contributed by atoms with Crippen LogP contribution in [0.2, 0.25) is 0 Å². The number of phenols is 1. The third-order valence-electron chi connectivity index (χ3n) is 6.17. The Morgan fingerprint density at radius 3 is 2.20 bits per heavy atom. The number of fused-ring (bicyclic) bond motifs is 1. The van der Waals surface area contributed by atoms with E-state index in [-0.39, 0.29) is 34.9 Å². The highest BCUT2D eigenvalue weighted by Gasteiger charge is 2.22. The van der Waals surface area contributed by atoms with Gasteiger partial charge in [0.05, 0.1) is 36.1 Å². The van der Waals surface area contributed by atoms with Gasteiger partial charge in [-0.1, -0.05) is 49.4 Å². The number of aromatic nitrogens is 2. The van der Waals surface area contributed by atoms with E-state index in [2.05, 4.69) is 0 Å². The second-order valence-electron chi connectivity index (χ2n) is 8.48. The van der Waals surface area contributed by atoms with Gasteiger partial charge in [0, 0.05) is 12.6 Å². The molecule has 3 aromatic carbocycles. The lowest BCUT2D eigenvalue weighted by molar-refractivity contribution is 0.0971. The van der Waals surface area contributed by atoms with Gasteiger partial charge < -0.3 is 14.2 Å². The van der Waals surface area contributed by atoms with Crippen LogP contribution >= 0.6 is 0 Å². The Kier molecular flexibility index (Phi) is 6.53. The van der Waals surface area contributed by atoms with E-state index < -0.39 is 10.0 Å². The monoisotopic (exact) mass is 492 g/mol. The first kappa shape index (κ1) is 24.3. The summed E-state index contributed by atoms with van der Waals surface area (Å²) in [5.41, 5.74) is 3.63. The molecule has 9 heteroatoms. The molecule has 182 valence electrons. The summed E-state index contributed by atoms with van der Waals surface area (Å²) in [7, 11) is -2.30. The molecule has 0 amide bonds. The first-order chi connectivity index (χ1) is 16.6. The number of nitrogens with zero attached hydrogens (tertiary/aromatic N) is 3. The molecule has 0 aliphatic heterocycles. The minimum Gasteiger partial charge on any atom is -0.505 e. The number of carbonyl (C=O) groups is 1. The van der Waals surface area contributed by atoms with Gasteiger partial charge in [-0.05, 0) is 41.8 Å².